The summed E-state index contributed by atoms with van der Waals surface area (Å²) in [5.41, 5.74) is 2.39. The number of fused-ring (bicyclic) bond motifs is 1. The van der Waals surface area contributed by atoms with Crippen LogP contribution in [0.15, 0.2) is 18.2 Å². The van der Waals surface area contributed by atoms with Crippen LogP contribution in [0.3, 0.4) is 0 Å². The Morgan fingerprint density at radius 3 is 2.70 bits per heavy atom. The van der Waals surface area contributed by atoms with Crippen LogP contribution in [0, 0.1) is 5.92 Å². The Kier molecular flexibility index (Phi) is 4.30. The minimum Gasteiger partial charge on any atom is -0.490 e. The predicted octanol–water partition coefficient (Wildman–Crippen LogP) is 4.40. The van der Waals surface area contributed by atoms with E-state index in [1.165, 1.54) is 37.7 Å². The van der Waals surface area contributed by atoms with E-state index in [0.717, 1.165) is 36.5 Å². The minimum atomic E-state index is -0.293. The van der Waals surface area contributed by atoms with E-state index in [1.807, 2.05) is 0 Å². The number of benzene rings is 1. The molecule has 0 heterocycles. The topological polar surface area (TPSA) is 29.5 Å². The van der Waals surface area contributed by atoms with Gasteiger partial charge in [-0.2, -0.15) is 0 Å². The van der Waals surface area contributed by atoms with E-state index in [2.05, 4.69) is 25.1 Å². The molecule has 0 aliphatic heterocycles. The maximum atomic E-state index is 10.1. The van der Waals surface area contributed by atoms with Crippen molar-refractivity contribution in [3.05, 3.63) is 29.3 Å². The lowest BCUT2D eigenvalue weighted by Crippen LogP contribution is -2.24. The second kappa shape index (κ2) is 6.17. The zero-order chi connectivity index (χ0) is 13.9. The van der Waals surface area contributed by atoms with E-state index in [-0.39, 0.29) is 6.10 Å². The molecule has 2 aliphatic rings. The van der Waals surface area contributed by atoms with Crippen molar-refractivity contribution in [1.82, 2.24) is 0 Å². The molecule has 1 aromatic rings. The summed E-state index contributed by atoms with van der Waals surface area (Å²) in [6, 6.07) is 6.30. The fourth-order valence-corrected chi connectivity index (χ4v) is 3.68. The summed E-state index contributed by atoms with van der Waals surface area (Å²) in [5.74, 6) is 1.85. The van der Waals surface area contributed by atoms with Gasteiger partial charge in [0.15, 0.2) is 0 Å². The van der Waals surface area contributed by atoms with Gasteiger partial charge in [-0.05, 0) is 74.1 Å². The Labute approximate surface area is 122 Å². The second-order valence-corrected chi connectivity index (χ2v) is 6.44. The number of hydrogen-bond acceptors (Lipinski definition) is 2. The van der Waals surface area contributed by atoms with Crippen molar-refractivity contribution in [2.75, 3.05) is 0 Å². The molecule has 1 aromatic carbocycles. The maximum Gasteiger partial charge on any atom is 0.120 e. The first kappa shape index (κ1) is 13.9. The third kappa shape index (κ3) is 3.01. The van der Waals surface area contributed by atoms with Crippen LogP contribution in [0.2, 0.25) is 0 Å². The Hall–Kier alpha value is -1.02. The molecule has 2 heteroatoms. The number of rotatable bonds is 3. The number of aryl methyl sites for hydroxylation is 1. The van der Waals surface area contributed by atoms with Gasteiger partial charge in [-0.25, -0.2) is 0 Å². The van der Waals surface area contributed by atoms with Crippen LogP contribution in [-0.2, 0) is 6.42 Å². The van der Waals surface area contributed by atoms with Crippen LogP contribution < -0.4 is 4.74 Å². The highest BCUT2D eigenvalue weighted by Gasteiger charge is 2.23. The van der Waals surface area contributed by atoms with E-state index in [0.29, 0.717) is 6.10 Å². The van der Waals surface area contributed by atoms with Crippen molar-refractivity contribution in [1.29, 1.82) is 0 Å². The summed E-state index contributed by atoms with van der Waals surface area (Å²) in [7, 11) is 0. The van der Waals surface area contributed by atoms with E-state index in [4.69, 9.17) is 4.74 Å². The number of aliphatic hydroxyl groups excluding tert-OH is 1. The summed E-state index contributed by atoms with van der Waals surface area (Å²) in [5, 5.41) is 10.1. The van der Waals surface area contributed by atoms with Gasteiger partial charge in [-0.3, -0.25) is 0 Å². The minimum absolute atomic E-state index is 0.293. The third-order valence-corrected chi connectivity index (χ3v) is 5.07. The molecule has 0 saturated heterocycles. The molecule has 1 N–H and O–H groups in total. The molecule has 0 bridgehead atoms. The van der Waals surface area contributed by atoms with Crippen LogP contribution in [-0.4, -0.2) is 11.2 Å². The second-order valence-electron chi connectivity index (χ2n) is 6.44. The number of hydrogen-bond donors (Lipinski definition) is 1. The first-order valence-corrected chi connectivity index (χ1v) is 8.23. The highest BCUT2D eigenvalue weighted by atomic mass is 16.5. The van der Waals surface area contributed by atoms with Gasteiger partial charge in [0.1, 0.15) is 5.75 Å². The van der Waals surface area contributed by atoms with Gasteiger partial charge in [0.25, 0.3) is 0 Å². The van der Waals surface area contributed by atoms with Crippen molar-refractivity contribution in [3.63, 3.8) is 0 Å². The number of aliphatic hydroxyl groups is 1. The fourth-order valence-electron chi connectivity index (χ4n) is 3.68. The molecule has 110 valence electrons. The van der Waals surface area contributed by atoms with Crippen LogP contribution in [0.1, 0.15) is 69.1 Å². The average molecular weight is 274 g/mol. The summed E-state index contributed by atoms with van der Waals surface area (Å²) < 4.78 is 6.15. The lowest BCUT2D eigenvalue weighted by atomic mass is 9.86. The molecule has 0 radical (unpaired) electrons. The summed E-state index contributed by atoms with van der Waals surface area (Å²) >= 11 is 0. The molecule has 0 aromatic heterocycles. The molecular formula is C18H26O2. The molecule has 0 unspecified atom stereocenters. The molecule has 2 aliphatic carbocycles. The summed E-state index contributed by atoms with van der Waals surface area (Å²) in [6.07, 6.45) is 9.41. The van der Waals surface area contributed by atoms with Crippen LogP contribution in [0.25, 0.3) is 0 Å². The van der Waals surface area contributed by atoms with Crippen molar-refractivity contribution < 1.29 is 9.84 Å². The Morgan fingerprint density at radius 2 is 1.95 bits per heavy atom. The average Bonchev–Trinajstić information content (AvgIpc) is 2.49. The predicted molar refractivity (Wildman–Crippen MR) is 81.0 cm³/mol. The van der Waals surface area contributed by atoms with E-state index >= 15 is 0 Å². The largest absolute Gasteiger partial charge is 0.490 e. The molecule has 2 nitrogen and oxygen atoms in total. The van der Waals surface area contributed by atoms with Gasteiger partial charge in [0, 0.05) is 0 Å². The zero-order valence-electron chi connectivity index (χ0n) is 12.5. The summed E-state index contributed by atoms with van der Waals surface area (Å²) in [4.78, 5) is 0. The molecule has 0 spiro atoms. The normalized spacial score (nSPS) is 29.8. The Morgan fingerprint density at radius 1 is 1.15 bits per heavy atom. The molecule has 3 rings (SSSR count). The van der Waals surface area contributed by atoms with Crippen molar-refractivity contribution >= 4 is 0 Å². The Bertz CT molecular complexity index is 447. The standard InChI is InChI=1S/C18H26O2/c1-2-13-6-9-15(10-7-13)20-16-11-8-14-4-3-5-18(19)17(14)12-16/h8,11-13,15,18-19H,2-7,9-10H2,1H3/t13?,15?,18-/m0/s1. The molecule has 1 atom stereocenters. The van der Waals surface area contributed by atoms with E-state index < -0.39 is 0 Å². The number of ether oxygens (including phenoxy) is 1. The van der Waals surface area contributed by atoms with Crippen molar-refractivity contribution in [2.24, 2.45) is 5.92 Å². The van der Waals surface area contributed by atoms with Gasteiger partial charge >= 0.3 is 0 Å². The SMILES string of the molecule is CCC1CCC(Oc2ccc3c(c2)[C@@H](O)CCC3)CC1. The molecule has 20 heavy (non-hydrogen) atoms. The fraction of sp³-hybridized carbons (Fsp3) is 0.667. The van der Waals surface area contributed by atoms with Gasteiger partial charge in [0.2, 0.25) is 0 Å². The Balaban J connectivity index is 1.65. The smallest absolute Gasteiger partial charge is 0.120 e. The highest BCUT2D eigenvalue weighted by Crippen LogP contribution is 2.34. The van der Waals surface area contributed by atoms with Crippen LogP contribution >= 0.6 is 0 Å². The van der Waals surface area contributed by atoms with Crippen molar-refractivity contribution in [3.8, 4) is 5.75 Å². The lowest BCUT2D eigenvalue weighted by Gasteiger charge is -2.29. The van der Waals surface area contributed by atoms with Crippen LogP contribution in [0.4, 0.5) is 0 Å². The van der Waals surface area contributed by atoms with Gasteiger partial charge in [-0.15, -0.1) is 0 Å². The highest BCUT2D eigenvalue weighted by molar-refractivity contribution is 5.38. The molecule has 1 fully saturated rings. The zero-order valence-corrected chi connectivity index (χ0v) is 12.5. The van der Waals surface area contributed by atoms with E-state index in [1.54, 1.807) is 0 Å². The van der Waals surface area contributed by atoms with Crippen LogP contribution in [0.5, 0.6) is 5.75 Å². The first-order chi connectivity index (χ1) is 9.76. The maximum absolute atomic E-state index is 10.1. The lowest BCUT2D eigenvalue weighted by molar-refractivity contribution is 0.127. The molecule has 1 saturated carbocycles. The summed E-state index contributed by atoms with van der Waals surface area (Å²) in [6.45, 7) is 2.29. The van der Waals surface area contributed by atoms with Gasteiger partial charge in [0.05, 0.1) is 12.2 Å². The first-order valence-electron chi connectivity index (χ1n) is 8.23. The monoisotopic (exact) mass is 274 g/mol. The van der Waals surface area contributed by atoms with Gasteiger partial charge in [-0.1, -0.05) is 19.4 Å². The third-order valence-electron chi connectivity index (χ3n) is 5.07. The van der Waals surface area contributed by atoms with Gasteiger partial charge < -0.3 is 9.84 Å². The molecular weight excluding hydrogens is 248 g/mol. The van der Waals surface area contributed by atoms with Crippen molar-refractivity contribution in [2.45, 2.75) is 70.5 Å². The van der Waals surface area contributed by atoms with E-state index in [9.17, 15) is 5.11 Å². The quantitative estimate of drug-likeness (QED) is 0.885. The molecule has 0 amide bonds.